The molecule has 230 valence electrons. The predicted molar refractivity (Wildman–Crippen MR) is 204 cm³/mol. The zero-order valence-corrected chi connectivity index (χ0v) is 28.2. The Labute approximate surface area is 279 Å². The van der Waals surface area contributed by atoms with Gasteiger partial charge in [-0.25, -0.2) is 0 Å². The summed E-state index contributed by atoms with van der Waals surface area (Å²) in [5.74, 6) is 1.91. The fraction of sp³-hybridized carbons (Fsp3) is 0.182. The zero-order valence-electron chi connectivity index (χ0n) is 28.2. The van der Waals surface area contributed by atoms with Crippen LogP contribution in [0.3, 0.4) is 0 Å². The van der Waals surface area contributed by atoms with Gasteiger partial charge in [-0.05, 0) is 74.7 Å². The third-order valence-electron chi connectivity index (χ3n) is 11.4. The first-order chi connectivity index (χ1) is 23.1. The van der Waals surface area contributed by atoms with Crippen LogP contribution < -0.4 is 21.1 Å². The van der Waals surface area contributed by atoms with Crippen LogP contribution in [0.2, 0.25) is 0 Å². The van der Waals surface area contributed by atoms with Gasteiger partial charge in [0.15, 0.2) is 0 Å². The summed E-state index contributed by atoms with van der Waals surface area (Å²) in [6.45, 7) is 14.0. The van der Waals surface area contributed by atoms with Gasteiger partial charge in [-0.2, -0.15) is 0 Å². The highest BCUT2D eigenvalue weighted by atomic mass is 16.5. The third kappa shape index (κ3) is 3.12. The Morgan fingerprint density at radius 1 is 0.521 bits per heavy atom. The molecule has 9 aromatic rings. The van der Waals surface area contributed by atoms with Gasteiger partial charge in [-0.1, -0.05) is 108 Å². The highest BCUT2D eigenvalue weighted by Crippen LogP contribution is 2.48. The van der Waals surface area contributed by atoms with Crippen molar-refractivity contribution < 1.29 is 4.74 Å². The van der Waals surface area contributed by atoms with Crippen molar-refractivity contribution in [3.63, 3.8) is 0 Å². The number of rotatable bonds is 0. The van der Waals surface area contributed by atoms with Gasteiger partial charge in [-0.15, -0.1) is 0 Å². The quantitative estimate of drug-likeness (QED) is 0.155. The lowest BCUT2D eigenvalue weighted by Crippen LogP contribution is -2.58. The minimum absolute atomic E-state index is 0.0385. The maximum Gasteiger partial charge on any atom is 0.256 e. The van der Waals surface area contributed by atoms with Crippen molar-refractivity contribution in [1.82, 2.24) is 8.97 Å². The van der Waals surface area contributed by atoms with E-state index in [0.717, 1.165) is 11.5 Å². The van der Waals surface area contributed by atoms with E-state index in [2.05, 4.69) is 154 Å². The largest absolute Gasteiger partial charge is 0.458 e. The molecule has 3 aromatic heterocycles. The van der Waals surface area contributed by atoms with E-state index in [1.54, 1.807) is 0 Å². The molecule has 2 aliphatic heterocycles. The topological polar surface area (TPSA) is 18.6 Å². The summed E-state index contributed by atoms with van der Waals surface area (Å²) < 4.78 is 11.8. The summed E-state index contributed by atoms with van der Waals surface area (Å²) in [5, 5.41) is 7.92. The third-order valence-corrected chi connectivity index (χ3v) is 11.4. The molecule has 0 spiro atoms. The Kier molecular flexibility index (Phi) is 4.71. The van der Waals surface area contributed by atoms with E-state index in [1.165, 1.54) is 93.1 Å². The Morgan fingerprint density at radius 3 is 1.94 bits per heavy atom. The molecule has 0 unspecified atom stereocenters. The Morgan fingerprint density at radius 2 is 1.17 bits per heavy atom. The van der Waals surface area contributed by atoms with Crippen LogP contribution in [0.25, 0.3) is 65.6 Å². The molecule has 0 radical (unpaired) electrons. The first kappa shape index (κ1) is 26.8. The average Bonchev–Trinajstić information content (AvgIpc) is 3.70. The highest BCUT2D eigenvalue weighted by molar-refractivity contribution is 6.99. The van der Waals surface area contributed by atoms with E-state index in [4.69, 9.17) is 4.74 Å². The first-order valence-corrected chi connectivity index (χ1v) is 17.2. The number of aromatic nitrogens is 2. The number of hydrogen-bond donors (Lipinski definition) is 0. The number of ether oxygens (including phenoxy) is 1. The molecule has 0 N–H and O–H groups in total. The Balaban J connectivity index is 1.39. The summed E-state index contributed by atoms with van der Waals surface area (Å²) in [6, 6.07) is 39.0. The SMILES string of the molecule is CC(C)(C)c1ccc2c3cc4c5cccc6c5n(c4c4c5ccc(C(C)(C)C)cc5n(c2c1)c34)-c1cccc2c1B6c1ccccc1O2. The standard InChI is InChI=1S/C44H35BN2O/c1-43(2,3)24-17-19-26-29-23-30-27-11-9-13-32-40(27)47(33-14-10-16-37-39(33)45(32)31-12-7-8-15-36(31)48-37)42(30)38-28-20-18-25(44(4,5)6)22-35(28)46(41(29)38)34(26)21-24/h7-23H,1-6H3. The maximum atomic E-state index is 6.62. The lowest BCUT2D eigenvalue weighted by atomic mass is 9.34. The molecule has 5 heterocycles. The number of fused-ring (bicyclic) bond motifs is 14. The van der Waals surface area contributed by atoms with Gasteiger partial charge in [0.25, 0.3) is 6.71 Å². The normalized spacial score (nSPS) is 14.2. The van der Waals surface area contributed by atoms with Gasteiger partial charge < -0.3 is 13.7 Å². The van der Waals surface area contributed by atoms with Crippen LogP contribution in [-0.2, 0) is 10.8 Å². The van der Waals surface area contributed by atoms with Crippen molar-refractivity contribution in [1.29, 1.82) is 0 Å². The molecule has 0 amide bonds. The van der Waals surface area contributed by atoms with E-state index in [9.17, 15) is 0 Å². The summed E-state index contributed by atoms with van der Waals surface area (Å²) in [6.07, 6.45) is 0. The van der Waals surface area contributed by atoms with E-state index in [1.807, 2.05) is 0 Å². The second-order valence-electron chi connectivity index (χ2n) is 16.2. The molecular weight excluding hydrogens is 583 g/mol. The molecule has 11 rings (SSSR count). The molecule has 6 aromatic carbocycles. The maximum absolute atomic E-state index is 6.62. The zero-order chi connectivity index (χ0) is 32.4. The predicted octanol–water partition coefficient (Wildman–Crippen LogP) is 9.46. The number of benzene rings is 6. The van der Waals surface area contributed by atoms with E-state index < -0.39 is 0 Å². The summed E-state index contributed by atoms with van der Waals surface area (Å²) in [4.78, 5) is 0. The minimum atomic E-state index is 0.0385. The minimum Gasteiger partial charge on any atom is -0.458 e. The van der Waals surface area contributed by atoms with Crippen molar-refractivity contribution in [2.45, 2.75) is 52.4 Å². The van der Waals surface area contributed by atoms with E-state index in [0.29, 0.717) is 0 Å². The molecule has 0 aliphatic carbocycles. The van der Waals surface area contributed by atoms with E-state index in [-0.39, 0.29) is 17.5 Å². The lowest BCUT2D eigenvalue weighted by molar-refractivity contribution is 0.487. The highest BCUT2D eigenvalue weighted by Gasteiger charge is 2.40. The van der Waals surface area contributed by atoms with Gasteiger partial charge in [0.1, 0.15) is 11.5 Å². The smallest absolute Gasteiger partial charge is 0.256 e. The van der Waals surface area contributed by atoms with E-state index >= 15 is 0 Å². The van der Waals surface area contributed by atoms with Gasteiger partial charge >= 0.3 is 0 Å². The molecule has 0 saturated heterocycles. The molecular formula is C44H35BN2O. The molecule has 0 fully saturated rings. The van der Waals surface area contributed by atoms with Crippen molar-refractivity contribution in [3.8, 4) is 17.2 Å². The van der Waals surface area contributed by atoms with Crippen LogP contribution in [-0.4, -0.2) is 15.7 Å². The van der Waals surface area contributed by atoms with Crippen LogP contribution >= 0.6 is 0 Å². The molecule has 48 heavy (non-hydrogen) atoms. The van der Waals surface area contributed by atoms with Gasteiger partial charge in [-0.3, -0.25) is 0 Å². The molecule has 3 nitrogen and oxygen atoms in total. The average molecular weight is 619 g/mol. The van der Waals surface area contributed by atoms with Crippen LogP contribution in [0.1, 0.15) is 52.7 Å². The summed E-state index contributed by atoms with van der Waals surface area (Å²) in [5.41, 5.74) is 14.4. The van der Waals surface area contributed by atoms with Crippen molar-refractivity contribution in [2.24, 2.45) is 0 Å². The van der Waals surface area contributed by atoms with Crippen molar-refractivity contribution in [3.05, 3.63) is 114 Å². The summed E-state index contributed by atoms with van der Waals surface area (Å²) >= 11 is 0. The van der Waals surface area contributed by atoms with Crippen molar-refractivity contribution >= 4 is 83.0 Å². The van der Waals surface area contributed by atoms with Crippen LogP contribution in [0.15, 0.2) is 103 Å². The molecule has 0 atom stereocenters. The van der Waals surface area contributed by atoms with Gasteiger partial charge in [0.2, 0.25) is 0 Å². The molecule has 0 bridgehead atoms. The van der Waals surface area contributed by atoms with Gasteiger partial charge in [0, 0.05) is 43.5 Å². The Bertz CT molecular complexity index is 2890. The van der Waals surface area contributed by atoms with Crippen LogP contribution in [0.5, 0.6) is 11.5 Å². The molecule has 2 aliphatic rings. The van der Waals surface area contributed by atoms with Crippen LogP contribution in [0, 0.1) is 0 Å². The fourth-order valence-electron chi connectivity index (χ4n) is 9.10. The van der Waals surface area contributed by atoms with Gasteiger partial charge in [0.05, 0.1) is 22.1 Å². The Hall–Kier alpha value is -5.22. The second-order valence-corrected chi connectivity index (χ2v) is 16.2. The monoisotopic (exact) mass is 618 g/mol. The number of nitrogens with zero attached hydrogens (tertiary/aromatic N) is 2. The van der Waals surface area contributed by atoms with Crippen LogP contribution in [0.4, 0.5) is 0 Å². The summed E-state index contributed by atoms with van der Waals surface area (Å²) in [7, 11) is 0. The molecule has 0 saturated carbocycles. The second kappa shape index (κ2) is 8.43. The first-order valence-electron chi connectivity index (χ1n) is 17.2. The number of para-hydroxylation sites is 2. The fourth-order valence-corrected chi connectivity index (χ4v) is 9.10. The number of hydrogen-bond acceptors (Lipinski definition) is 1. The lowest BCUT2D eigenvalue weighted by Gasteiger charge is -2.33. The van der Waals surface area contributed by atoms with Crippen molar-refractivity contribution in [2.75, 3.05) is 0 Å². The molecule has 4 heteroatoms.